The van der Waals surface area contributed by atoms with Gasteiger partial charge in [-0.1, -0.05) is 29.3 Å². The van der Waals surface area contributed by atoms with Crippen LogP contribution in [0.3, 0.4) is 0 Å². The molecule has 6 heteroatoms. The normalized spacial score (nSPS) is 17.2. The van der Waals surface area contributed by atoms with Crippen molar-refractivity contribution in [3.05, 3.63) is 57.5 Å². The van der Waals surface area contributed by atoms with E-state index in [1.54, 1.807) is 35.4 Å². The van der Waals surface area contributed by atoms with Crippen LogP contribution in [0.25, 0.3) is 0 Å². The summed E-state index contributed by atoms with van der Waals surface area (Å²) in [7, 11) is 0. The van der Waals surface area contributed by atoms with Gasteiger partial charge in [0.2, 0.25) is 5.91 Å². The molecule has 2 aromatic rings. The molecule has 22 heavy (non-hydrogen) atoms. The molecular weight excluding hydrogens is 325 g/mol. The van der Waals surface area contributed by atoms with Crippen LogP contribution in [-0.2, 0) is 22.4 Å². The predicted octanol–water partition coefficient (Wildman–Crippen LogP) is 3.45. The van der Waals surface area contributed by atoms with Crippen LogP contribution in [0.15, 0.2) is 34.9 Å². The number of rotatable bonds is 3. The van der Waals surface area contributed by atoms with Gasteiger partial charge >= 0.3 is 0 Å². The molecule has 0 saturated heterocycles. The van der Waals surface area contributed by atoms with E-state index in [-0.39, 0.29) is 12.3 Å². The van der Waals surface area contributed by atoms with E-state index in [4.69, 9.17) is 27.6 Å². The fourth-order valence-corrected chi connectivity index (χ4v) is 3.02. The van der Waals surface area contributed by atoms with E-state index < -0.39 is 6.04 Å². The summed E-state index contributed by atoms with van der Waals surface area (Å²) in [6.07, 6.45) is 3.11. The quantitative estimate of drug-likeness (QED) is 0.806. The fraction of sp³-hybridized carbons (Fsp3) is 0.250. The number of hydrogen-bond acceptors (Lipinski definition) is 3. The highest BCUT2D eigenvalue weighted by Gasteiger charge is 2.32. The van der Waals surface area contributed by atoms with Crippen molar-refractivity contribution in [3.63, 3.8) is 0 Å². The minimum atomic E-state index is -0.585. The topological polar surface area (TPSA) is 50.5 Å². The van der Waals surface area contributed by atoms with E-state index in [9.17, 15) is 9.59 Å². The van der Waals surface area contributed by atoms with Gasteiger partial charge in [0.15, 0.2) is 0 Å². The fourth-order valence-electron chi connectivity index (χ4n) is 2.70. The number of amides is 1. The molecule has 1 aromatic heterocycles. The molecule has 0 N–H and O–H groups in total. The summed E-state index contributed by atoms with van der Waals surface area (Å²) >= 11 is 11.8. The van der Waals surface area contributed by atoms with E-state index in [0.29, 0.717) is 23.0 Å². The molecule has 0 spiro atoms. The number of fused-ring (bicyclic) bond motifs is 1. The first-order valence-corrected chi connectivity index (χ1v) is 7.60. The summed E-state index contributed by atoms with van der Waals surface area (Å²) in [5.74, 6) is 0.651. The summed E-state index contributed by atoms with van der Waals surface area (Å²) in [5.41, 5.74) is 1.53. The number of halogens is 2. The van der Waals surface area contributed by atoms with Crippen molar-refractivity contribution >= 4 is 35.4 Å². The maximum atomic E-state index is 12.5. The van der Waals surface area contributed by atoms with Crippen molar-refractivity contribution in [3.8, 4) is 0 Å². The molecule has 0 radical (unpaired) electrons. The van der Waals surface area contributed by atoms with Gasteiger partial charge in [-0.3, -0.25) is 4.79 Å². The zero-order valence-electron chi connectivity index (χ0n) is 11.6. The highest BCUT2D eigenvalue weighted by Crippen LogP contribution is 2.30. The second-order valence-corrected chi connectivity index (χ2v) is 5.96. The zero-order valence-corrected chi connectivity index (χ0v) is 13.1. The van der Waals surface area contributed by atoms with Gasteiger partial charge in [-0.15, -0.1) is 0 Å². The molecule has 3 rings (SSSR count). The Morgan fingerprint density at radius 2 is 2.14 bits per heavy atom. The number of aldehydes is 1. The van der Waals surface area contributed by atoms with Crippen LogP contribution in [0.5, 0.6) is 0 Å². The Balaban J connectivity index is 1.80. The third-order valence-electron chi connectivity index (χ3n) is 3.80. The molecule has 1 amide bonds. The molecule has 2 heterocycles. The molecule has 1 unspecified atom stereocenters. The van der Waals surface area contributed by atoms with Gasteiger partial charge in [0.1, 0.15) is 18.1 Å². The SMILES string of the molecule is O=CC1c2ccoc2CCN1C(=O)Cc1ccc(Cl)c(Cl)c1. The van der Waals surface area contributed by atoms with Crippen LogP contribution in [0.1, 0.15) is 22.9 Å². The lowest BCUT2D eigenvalue weighted by molar-refractivity contribution is -0.136. The standard InChI is InChI=1S/C16H13Cl2NO3/c17-12-2-1-10(7-13(12)18)8-16(21)19-5-3-15-11(4-6-22-15)14(19)9-20/h1-2,4,6-7,9,14H,3,5,8H2. The highest BCUT2D eigenvalue weighted by molar-refractivity contribution is 6.42. The van der Waals surface area contributed by atoms with E-state index in [1.807, 2.05) is 0 Å². The maximum Gasteiger partial charge on any atom is 0.227 e. The Labute approximate surface area is 137 Å². The zero-order chi connectivity index (χ0) is 15.7. The molecular formula is C16H13Cl2NO3. The second-order valence-electron chi connectivity index (χ2n) is 5.14. The molecule has 0 bridgehead atoms. The Bertz CT molecular complexity index is 726. The number of benzene rings is 1. The molecule has 0 fully saturated rings. The van der Waals surface area contributed by atoms with Gasteiger partial charge in [0.05, 0.1) is 22.7 Å². The lowest BCUT2D eigenvalue weighted by Crippen LogP contribution is -2.41. The molecule has 4 nitrogen and oxygen atoms in total. The Morgan fingerprint density at radius 1 is 1.32 bits per heavy atom. The van der Waals surface area contributed by atoms with Gasteiger partial charge < -0.3 is 14.1 Å². The van der Waals surface area contributed by atoms with Crippen LogP contribution in [-0.4, -0.2) is 23.6 Å². The van der Waals surface area contributed by atoms with Gasteiger partial charge in [-0.05, 0) is 23.8 Å². The Kier molecular flexibility index (Phi) is 4.23. The average molecular weight is 338 g/mol. The lowest BCUT2D eigenvalue weighted by atomic mass is 9.99. The van der Waals surface area contributed by atoms with Gasteiger partial charge in [0.25, 0.3) is 0 Å². The lowest BCUT2D eigenvalue weighted by Gasteiger charge is -2.32. The van der Waals surface area contributed by atoms with Gasteiger partial charge in [0, 0.05) is 18.5 Å². The molecule has 1 aliphatic rings. The van der Waals surface area contributed by atoms with E-state index in [1.165, 1.54) is 0 Å². The van der Waals surface area contributed by atoms with Crippen LogP contribution in [0.4, 0.5) is 0 Å². The van der Waals surface area contributed by atoms with Crippen molar-refractivity contribution < 1.29 is 14.0 Å². The number of hydrogen-bond donors (Lipinski definition) is 0. The van der Waals surface area contributed by atoms with Gasteiger partial charge in [-0.2, -0.15) is 0 Å². The minimum absolute atomic E-state index is 0.123. The summed E-state index contributed by atoms with van der Waals surface area (Å²) in [6, 6.07) is 6.25. The van der Waals surface area contributed by atoms with Gasteiger partial charge in [-0.25, -0.2) is 0 Å². The van der Waals surface area contributed by atoms with Crippen molar-refractivity contribution in [2.45, 2.75) is 18.9 Å². The minimum Gasteiger partial charge on any atom is -0.469 e. The van der Waals surface area contributed by atoms with E-state index in [0.717, 1.165) is 23.2 Å². The Morgan fingerprint density at radius 3 is 2.86 bits per heavy atom. The molecule has 0 aliphatic carbocycles. The monoisotopic (exact) mass is 337 g/mol. The van der Waals surface area contributed by atoms with Crippen molar-refractivity contribution in [1.29, 1.82) is 0 Å². The summed E-state index contributed by atoms with van der Waals surface area (Å²) in [5, 5.41) is 0.860. The third kappa shape index (κ3) is 2.76. The van der Waals surface area contributed by atoms with Crippen LogP contribution in [0, 0.1) is 0 Å². The molecule has 1 aliphatic heterocycles. The second kappa shape index (κ2) is 6.15. The number of furan rings is 1. The first kappa shape index (κ1) is 15.1. The van der Waals surface area contributed by atoms with Crippen LogP contribution >= 0.6 is 23.2 Å². The van der Waals surface area contributed by atoms with Crippen LogP contribution in [0.2, 0.25) is 10.0 Å². The van der Waals surface area contributed by atoms with E-state index >= 15 is 0 Å². The average Bonchev–Trinajstić information content (AvgIpc) is 2.98. The van der Waals surface area contributed by atoms with Crippen molar-refractivity contribution in [1.82, 2.24) is 4.90 Å². The van der Waals surface area contributed by atoms with Crippen molar-refractivity contribution in [2.75, 3.05) is 6.54 Å². The smallest absolute Gasteiger partial charge is 0.227 e. The van der Waals surface area contributed by atoms with E-state index in [2.05, 4.69) is 0 Å². The largest absolute Gasteiger partial charge is 0.469 e. The molecule has 114 valence electrons. The predicted molar refractivity (Wildman–Crippen MR) is 83.1 cm³/mol. The Hall–Kier alpha value is -1.78. The van der Waals surface area contributed by atoms with Crippen LogP contribution < -0.4 is 0 Å². The maximum absolute atomic E-state index is 12.5. The first-order valence-electron chi connectivity index (χ1n) is 6.85. The first-order chi connectivity index (χ1) is 10.6. The third-order valence-corrected chi connectivity index (χ3v) is 4.54. The number of carbonyl (C=O) groups excluding carboxylic acids is 2. The summed E-state index contributed by atoms with van der Waals surface area (Å²) in [6.45, 7) is 0.462. The molecule has 1 aromatic carbocycles. The number of nitrogens with zero attached hydrogens (tertiary/aromatic N) is 1. The highest BCUT2D eigenvalue weighted by atomic mass is 35.5. The molecule has 1 atom stereocenters. The molecule has 0 saturated carbocycles. The van der Waals surface area contributed by atoms with Crippen molar-refractivity contribution in [2.24, 2.45) is 0 Å². The summed E-state index contributed by atoms with van der Waals surface area (Å²) < 4.78 is 5.33. The number of carbonyl (C=O) groups is 2. The summed E-state index contributed by atoms with van der Waals surface area (Å²) in [4.78, 5) is 25.5.